The Morgan fingerprint density at radius 2 is 1.92 bits per heavy atom. The van der Waals surface area contributed by atoms with Gasteiger partial charge in [-0.3, -0.25) is 4.79 Å². The molecule has 1 aromatic heterocycles. The molecule has 3 aromatic rings. The third-order valence-corrected chi connectivity index (χ3v) is 4.89. The van der Waals surface area contributed by atoms with Crippen LogP contribution in [0.3, 0.4) is 0 Å². The lowest BCUT2D eigenvalue weighted by molar-refractivity contribution is 0.0924. The Morgan fingerprint density at radius 1 is 1.12 bits per heavy atom. The molecule has 4 rings (SSSR count). The first kappa shape index (κ1) is 16.5. The fourth-order valence-corrected chi connectivity index (χ4v) is 3.69. The van der Waals surface area contributed by atoms with Crippen LogP contribution in [-0.4, -0.2) is 28.1 Å². The lowest BCUT2D eigenvalue weighted by Gasteiger charge is -2.21. The summed E-state index contributed by atoms with van der Waals surface area (Å²) < 4.78 is 0. The molecular formula is C19H16ClN3O3. The maximum absolute atomic E-state index is 12.7. The molecule has 0 bridgehead atoms. The summed E-state index contributed by atoms with van der Waals surface area (Å²) in [5.41, 5.74) is 3.14. The highest BCUT2D eigenvalue weighted by molar-refractivity contribution is 6.31. The van der Waals surface area contributed by atoms with Crippen LogP contribution in [0, 0.1) is 0 Å². The van der Waals surface area contributed by atoms with Crippen LogP contribution in [0.1, 0.15) is 27.7 Å². The molecule has 1 aliphatic rings. The molecule has 1 aliphatic carbocycles. The van der Waals surface area contributed by atoms with Crippen LogP contribution < -0.4 is 10.6 Å². The molecule has 0 aliphatic heterocycles. The molecule has 2 amide bonds. The Balaban J connectivity index is 1.58. The number of aromatic nitrogens is 1. The fourth-order valence-electron chi connectivity index (χ4n) is 3.51. The van der Waals surface area contributed by atoms with Gasteiger partial charge >= 0.3 is 6.09 Å². The van der Waals surface area contributed by atoms with Crippen LogP contribution in [0.2, 0.25) is 5.02 Å². The Hall–Kier alpha value is -2.99. The van der Waals surface area contributed by atoms with E-state index >= 15 is 0 Å². The Bertz CT molecular complexity index is 1010. The average molecular weight is 370 g/mol. The van der Waals surface area contributed by atoms with E-state index in [2.05, 4.69) is 15.6 Å². The first-order valence-electron chi connectivity index (χ1n) is 8.17. The molecule has 2 atom stereocenters. The van der Waals surface area contributed by atoms with Gasteiger partial charge in [-0.25, -0.2) is 4.79 Å². The summed E-state index contributed by atoms with van der Waals surface area (Å²) in [4.78, 5) is 26.9. The standard InChI is InChI=1S/C19H16ClN3O3/c20-12-5-6-14-11(7-12)9-16(21-14)18(24)22-15-8-10-3-1-2-4-13(10)17(15)23-19(25)26/h1-7,9,15,17,21,23H,8H2,(H,22,24)(H,25,26)/t15-,17-/m0/s1. The summed E-state index contributed by atoms with van der Waals surface area (Å²) >= 11 is 5.99. The maximum atomic E-state index is 12.7. The van der Waals surface area contributed by atoms with Crippen LogP contribution in [0.15, 0.2) is 48.5 Å². The van der Waals surface area contributed by atoms with Gasteiger partial charge in [0.15, 0.2) is 0 Å². The lowest BCUT2D eigenvalue weighted by atomic mass is 10.1. The van der Waals surface area contributed by atoms with Crippen molar-refractivity contribution in [3.8, 4) is 0 Å². The van der Waals surface area contributed by atoms with Gasteiger partial charge in [0.25, 0.3) is 5.91 Å². The number of hydrogen-bond acceptors (Lipinski definition) is 2. The topological polar surface area (TPSA) is 94.2 Å². The van der Waals surface area contributed by atoms with Crippen LogP contribution in [-0.2, 0) is 6.42 Å². The van der Waals surface area contributed by atoms with Crippen molar-refractivity contribution in [2.24, 2.45) is 0 Å². The number of hydrogen-bond donors (Lipinski definition) is 4. The minimum atomic E-state index is -1.12. The second-order valence-corrected chi connectivity index (χ2v) is 6.76. The highest BCUT2D eigenvalue weighted by Crippen LogP contribution is 2.31. The third kappa shape index (κ3) is 2.99. The maximum Gasteiger partial charge on any atom is 0.405 e. The van der Waals surface area contributed by atoms with Crippen molar-refractivity contribution in [3.05, 3.63) is 70.4 Å². The van der Waals surface area contributed by atoms with Crippen LogP contribution in [0.4, 0.5) is 4.79 Å². The van der Waals surface area contributed by atoms with Gasteiger partial charge in [-0.2, -0.15) is 0 Å². The summed E-state index contributed by atoms with van der Waals surface area (Å²) in [6, 6.07) is 13.8. The molecule has 0 saturated carbocycles. The molecule has 0 saturated heterocycles. The van der Waals surface area contributed by atoms with Gasteiger partial charge in [0, 0.05) is 15.9 Å². The molecule has 7 heteroatoms. The summed E-state index contributed by atoms with van der Waals surface area (Å²) in [5.74, 6) is -0.285. The lowest BCUT2D eigenvalue weighted by Crippen LogP contribution is -2.44. The first-order valence-corrected chi connectivity index (χ1v) is 8.55. The highest BCUT2D eigenvalue weighted by atomic mass is 35.5. The second-order valence-electron chi connectivity index (χ2n) is 6.32. The number of fused-ring (bicyclic) bond motifs is 2. The molecule has 26 heavy (non-hydrogen) atoms. The molecule has 0 radical (unpaired) electrons. The molecular weight excluding hydrogens is 354 g/mol. The van der Waals surface area contributed by atoms with E-state index in [9.17, 15) is 9.59 Å². The smallest absolute Gasteiger partial charge is 0.405 e. The van der Waals surface area contributed by atoms with Gasteiger partial charge in [-0.1, -0.05) is 35.9 Å². The Labute approximate surface area is 154 Å². The van der Waals surface area contributed by atoms with Gasteiger partial charge in [-0.05, 0) is 41.8 Å². The molecule has 4 N–H and O–H groups in total. The zero-order valence-electron chi connectivity index (χ0n) is 13.6. The van der Waals surface area contributed by atoms with Gasteiger partial charge in [0.1, 0.15) is 5.69 Å². The minimum Gasteiger partial charge on any atom is -0.465 e. The highest BCUT2D eigenvalue weighted by Gasteiger charge is 2.34. The number of nitrogens with one attached hydrogen (secondary N) is 3. The van der Waals surface area contributed by atoms with Crippen molar-refractivity contribution in [1.82, 2.24) is 15.6 Å². The third-order valence-electron chi connectivity index (χ3n) is 4.66. The molecule has 132 valence electrons. The van der Waals surface area contributed by atoms with E-state index < -0.39 is 12.1 Å². The quantitative estimate of drug-likeness (QED) is 0.569. The van der Waals surface area contributed by atoms with Crippen LogP contribution in [0.25, 0.3) is 10.9 Å². The van der Waals surface area contributed by atoms with E-state index in [1.54, 1.807) is 18.2 Å². The van der Waals surface area contributed by atoms with Crippen molar-refractivity contribution < 1.29 is 14.7 Å². The summed E-state index contributed by atoms with van der Waals surface area (Å²) in [6.07, 6.45) is -0.551. The SMILES string of the molecule is O=C(O)N[C@H]1c2ccccc2C[C@@H]1NC(=O)c1cc2cc(Cl)ccc2[nH]1. The number of amides is 2. The summed E-state index contributed by atoms with van der Waals surface area (Å²) in [5, 5.41) is 16.0. The Morgan fingerprint density at radius 3 is 2.73 bits per heavy atom. The normalized spacial score (nSPS) is 18.5. The van der Waals surface area contributed by atoms with Crippen molar-refractivity contribution >= 4 is 34.5 Å². The van der Waals surface area contributed by atoms with E-state index in [4.69, 9.17) is 16.7 Å². The van der Waals surface area contributed by atoms with Crippen molar-refractivity contribution in [1.29, 1.82) is 0 Å². The first-order chi connectivity index (χ1) is 12.5. The predicted molar refractivity (Wildman–Crippen MR) is 98.6 cm³/mol. The van der Waals surface area contributed by atoms with Crippen LogP contribution in [0.5, 0.6) is 0 Å². The second kappa shape index (κ2) is 6.38. The summed E-state index contributed by atoms with van der Waals surface area (Å²) in [7, 11) is 0. The van der Waals surface area contributed by atoms with E-state index in [-0.39, 0.29) is 11.9 Å². The summed E-state index contributed by atoms with van der Waals surface area (Å²) in [6.45, 7) is 0. The number of H-pyrrole nitrogens is 1. The minimum absolute atomic E-state index is 0.285. The molecule has 0 spiro atoms. The number of carbonyl (C=O) groups excluding carboxylic acids is 1. The average Bonchev–Trinajstić information content (AvgIpc) is 3.16. The molecule has 1 heterocycles. The number of carboxylic acid groups (broad SMARTS) is 1. The van der Waals surface area contributed by atoms with Crippen molar-refractivity contribution in [2.45, 2.75) is 18.5 Å². The number of aromatic amines is 1. The Kier molecular flexibility index (Phi) is 4.05. The van der Waals surface area contributed by atoms with Crippen molar-refractivity contribution in [3.63, 3.8) is 0 Å². The van der Waals surface area contributed by atoms with E-state index in [1.807, 2.05) is 30.3 Å². The molecule has 2 aromatic carbocycles. The predicted octanol–water partition coefficient (Wildman–Crippen LogP) is 3.48. The van der Waals surface area contributed by atoms with Crippen LogP contribution >= 0.6 is 11.6 Å². The molecule has 6 nitrogen and oxygen atoms in total. The van der Waals surface area contributed by atoms with E-state index in [0.29, 0.717) is 17.1 Å². The van der Waals surface area contributed by atoms with Crippen molar-refractivity contribution in [2.75, 3.05) is 0 Å². The van der Waals surface area contributed by atoms with Gasteiger partial charge < -0.3 is 20.7 Å². The number of halogens is 1. The number of carbonyl (C=O) groups is 2. The fraction of sp³-hybridized carbons (Fsp3) is 0.158. The monoisotopic (exact) mass is 369 g/mol. The number of benzene rings is 2. The zero-order valence-corrected chi connectivity index (χ0v) is 14.4. The zero-order chi connectivity index (χ0) is 18.3. The van der Waals surface area contributed by atoms with Gasteiger partial charge in [0.05, 0.1) is 12.1 Å². The van der Waals surface area contributed by atoms with E-state index in [1.165, 1.54) is 0 Å². The molecule has 0 unspecified atom stereocenters. The van der Waals surface area contributed by atoms with E-state index in [0.717, 1.165) is 22.0 Å². The molecule has 0 fully saturated rings. The number of rotatable bonds is 3. The van der Waals surface area contributed by atoms with Gasteiger partial charge in [-0.15, -0.1) is 0 Å². The largest absolute Gasteiger partial charge is 0.465 e. The van der Waals surface area contributed by atoms with Gasteiger partial charge in [0.2, 0.25) is 0 Å².